The highest BCUT2D eigenvalue weighted by Gasteiger charge is 2.19. The van der Waals surface area contributed by atoms with E-state index in [9.17, 15) is 8.42 Å². The first-order chi connectivity index (χ1) is 9.70. The van der Waals surface area contributed by atoms with Gasteiger partial charge in [0.2, 0.25) is 0 Å². The van der Waals surface area contributed by atoms with E-state index in [0.29, 0.717) is 10.7 Å². The number of rotatable bonds is 3. The number of benzene rings is 2. The Morgan fingerprint density at radius 3 is 2.29 bits per heavy atom. The Hall–Kier alpha value is -1.72. The van der Waals surface area contributed by atoms with Crippen molar-refractivity contribution in [2.45, 2.75) is 25.7 Å². The SMILES string of the molecule is Cc1cc(N)c(S(=O)(=O)Nc2cc(Cl)ccc2C)cc1C. The van der Waals surface area contributed by atoms with Crippen molar-refractivity contribution < 1.29 is 8.42 Å². The number of anilines is 2. The van der Waals surface area contributed by atoms with Gasteiger partial charge in [0.1, 0.15) is 4.90 Å². The summed E-state index contributed by atoms with van der Waals surface area (Å²) in [6.45, 7) is 5.53. The standard InChI is InChI=1S/C15H17ClN2O2S/c1-9-4-5-12(16)8-14(9)18-21(19,20)15-7-11(3)10(2)6-13(15)17/h4-8,18H,17H2,1-3H3. The van der Waals surface area contributed by atoms with Crippen LogP contribution >= 0.6 is 11.6 Å². The fourth-order valence-electron chi connectivity index (χ4n) is 1.95. The molecule has 0 aliphatic carbocycles. The highest BCUT2D eigenvalue weighted by molar-refractivity contribution is 7.92. The molecule has 0 fully saturated rings. The van der Waals surface area contributed by atoms with Crippen molar-refractivity contribution in [1.29, 1.82) is 0 Å². The number of aryl methyl sites for hydroxylation is 3. The molecule has 0 saturated heterocycles. The van der Waals surface area contributed by atoms with Gasteiger partial charge in [0.05, 0.1) is 11.4 Å². The first kappa shape index (κ1) is 15.7. The van der Waals surface area contributed by atoms with Crippen molar-refractivity contribution in [1.82, 2.24) is 0 Å². The van der Waals surface area contributed by atoms with Gasteiger partial charge in [0.25, 0.3) is 10.0 Å². The van der Waals surface area contributed by atoms with E-state index in [1.807, 2.05) is 13.8 Å². The molecular weight excluding hydrogens is 308 g/mol. The summed E-state index contributed by atoms with van der Waals surface area (Å²) in [5.74, 6) is 0. The molecule has 2 rings (SSSR count). The molecule has 4 nitrogen and oxygen atoms in total. The van der Waals surface area contributed by atoms with Crippen LogP contribution in [0.4, 0.5) is 11.4 Å². The lowest BCUT2D eigenvalue weighted by Crippen LogP contribution is -2.16. The molecule has 0 amide bonds. The van der Waals surface area contributed by atoms with Crippen LogP contribution in [0.25, 0.3) is 0 Å². The van der Waals surface area contributed by atoms with Gasteiger partial charge in [-0.2, -0.15) is 0 Å². The minimum Gasteiger partial charge on any atom is -0.398 e. The second-order valence-corrected chi connectivity index (χ2v) is 7.13. The average Bonchev–Trinajstić information content (AvgIpc) is 2.37. The van der Waals surface area contributed by atoms with E-state index < -0.39 is 10.0 Å². The second-order valence-electron chi connectivity index (χ2n) is 5.04. The predicted molar refractivity (Wildman–Crippen MR) is 87.3 cm³/mol. The van der Waals surface area contributed by atoms with Gasteiger partial charge in [-0.1, -0.05) is 17.7 Å². The molecule has 2 aromatic carbocycles. The highest BCUT2D eigenvalue weighted by Crippen LogP contribution is 2.27. The summed E-state index contributed by atoms with van der Waals surface area (Å²) in [4.78, 5) is 0.0741. The predicted octanol–water partition coefficient (Wildman–Crippen LogP) is 3.65. The van der Waals surface area contributed by atoms with Crippen LogP contribution in [0.3, 0.4) is 0 Å². The van der Waals surface area contributed by atoms with Crippen LogP contribution in [0.5, 0.6) is 0 Å². The van der Waals surface area contributed by atoms with E-state index >= 15 is 0 Å². The van der Waals surface area contributed by atoms with E-state index in [0.717, 1.165) is 16.7 Å². The second kappa shape index (κ2) is 5.58. The maximum absolute atomic E-state index is 12.5. The van der Waals surface area contributed by atoms with E-state index in [1.165, 1.54) is 0 Å². The molecular formula is C15H17ClN2O2S. The molecule has 3 N–H and O–H groups in total. The summed E-state index contributed by atoms with van der Waals surface area (Å²) < 4.78 is 27.6. The maximum atomic E-state index is 12.5. The minimum absolute atomic E-state index is 0.0741. The highest BCUT2D eigenvalue weighted by atomic mass is 35.5. The molecule has 0 aliphatic rings. The Kier molecular flexibility index (Phi) is 4.16. The van der Waals surface area contributed by atoms with Crippen molar-refractivity contribution in [2.24, 2.45) is 0 Å². The molecule has 0 saturated carbocycles. The molecule has 0 atom stereocenters. The summed E-state index contributed by atoms with van der Waals surface area (Å²) in [5.41, 5.74) is 9.12. The molecule has 0 aromatic heterocycles. The minimum atomic E-state index is -3.76. The van der Waals surface area contributed by atoms with Gasteiger partial charge in [-0.15, -0.1) is 0 Å². The first-order valence-corrected chi connectivity index (χ1v) is 8.22. The fourth-order valence-corrected chi connectivity index (χ4v) is 3.44. The van der Waals surface area contributed by atoms with Crippen LogP contribution in [-0.4, -0.2) is 8.42 Å². The van der Waals surface area contributed by atoms with Crippen LogP contribution in [0.15, 0.2) is 35.2 Å². The maximum Gasteiger partial charge on any atom is 0.263 e. The van der Waals surface area contributed by atoms with Gasteiger partial charge in [0.15, 0.2) is 0 Å². The Morgan fingerprint density at radius 1 is 1.00 bits per heavy atom. The van der Waals surface area contributed by atoms with Crippen molar-refractivity contribution in [3.63, 3.8) is 0 Å². The molecule has 21 heavy (non-hydrogen) atoms. The van der Waals surface area contributed by atoms with Crippen LogP contribution in [-0.2, 0) is 10.0 Å². The van der Waals surface area contributed by atoms with Crippen LogP contribution in [0.2, 0.25) is 5.02 Å². The van der Waals surface area contributed by atoms with Crippen LogP contribution in [0.1, 0.15) is 16.7 Å². The van der Waals surface area contributed by atoms with Gasteiger partial charge in [0, 0.05) is 5.02 Å². The number of hydrogen-bond donors (Lipinski definition) is 2. The van der Waals surface area contributed by atoms with E-state index in [-0.39, 0.29) is 10.6 Å². The number of nitrogens with two attached hydrogens (primary N) is 1. The lowest BCUT2D eigenvalue weighted by Gasteiger charge is -2.14. The third-order valence-corrected chi connectivity index (χ3v) is 5.02. The first-order valence-electron chi connectivity index (χ1n) is 6.36. The van der Waals surface area contributed by atoms with Crippen molar-refractivity contribution >= 4 is 33.0 Å². The molecule has 0 bridgehead atoms. The third-order valence-electron chi connectivity index (χ3n) is 3.36. The summed E-state index contributed by atoms with van der Waals surface area (Å²) in [6, 6.07) is 8.27. The third kappa shape index (κ3) is 3.31. The van der Waals surface area contributed by atoms with Crippen molar-refractivity contribution in [2.75, 3.05) is 10.5 Å². The number of halogens is 1. The van der Waals surface area contributed by atoms with Gasteiger partial charge < -0.3 is 5.73 Å². The fraction of sp³-hybridized carbons (Fsp3) is 0.200. The largest absolute Gasteiger partial charge is 0.398 e. The number of nitrogen functional groups attached to an aromatic ring is 1. The monoisotopic (exact) mass is 324 g/mol. The van der Waals surface area contributed by atoms with Crippen molar-refractivity contribution in [3.8, 4) is 0 Å². The summed E-state index contributed by atoms with van der Waals surface area (Å²) in [6.07, 6.45) is 0. The number of hydrogen-bond acceptors (Lipinski definition) is 3. The van der Waals surface area contributed by atoms with Gasteiger partial charge in [-0.05, 0) is 61.7 Å². The Balaban J connectivity index is 2.48. The zero-order chi connectivity index (χ0) is 15.8. The number of nitrogens with one attached hydrogen (secondary N) is 1. The average molecular weight is 325 g/mol. The van der Waals surface area contributed by atoms with E-state index in [1.54, 1.807) is 37.3 Å². The Bertz CT molecular complexity index is 802. The molecule has 0 aliphatic heterocycles. The summed E-state index contributed by atoms with van der Waals surface area (Å²) in [5, 5.41) is 0.464. The lowest BCUT2D eigenvalue weighted by atomic mass is 10.1. The Labute approximate surface area is 130 Å². The summed E-state index contributed by atoms with van der Waals surface area (Å²) in [7, 11) is -3.76. The van der Waals surface area contributed by atoms with E-state index in [2.05, 4.69) is 4.72 Å². The Morgan fingerprint density at radius 2 is 1.62 bits per heavy atom. The normalized spacial score (nSPS) is 11.4. The molecule has 0 heterocycles. The molecule has 0 radical (unpaired) electrons. The number of sulfonamides is 1. The molecule has 2 aromatic rings. The van der Waals surface area contributed by atoms with Gasteiger partial charge in [-0.25, -0.2) is 8.42 Å². The smallest absolute Gasteiger partial charge is 0.263 e. The molecule has 112 valence electrons. The molecule has 6 heteroatoms. The van der Waals surface area contributed by atoms with Crippen LogP contribution < -0.4 is 10.5 Å². The van der Waals surface area contributed by atoms with E-state index in [4.69, 9.17) is 17.3 Å². The topological polar surface area (TPSA) is 72.2 Å². The molecule has 0 unspecified atom stereocenters. The van der Waals surface area contributed by atoms with Crippen LogP contribution in [0, 0.1) is 20.8 Å². The summed E-state index contributed by atoms with van der Waals surface area (Å²) >= 11 is 5.91. The zero-order valence-corrected chi connectivity index (χ0v) is 13.6. The lowest BCUT2D eigenvalue weighted by molar-refractivity contribution is 0.601. The van der Waals surface area contributed by atoms with Crippen molar-refractivity contribution in [3.05, 3.63) is 52.0 Å². The quantitative estimate of drug-likeness (QED) is 0.846. The zero-order valence-electron chi connectivity index (χ0n) is 12.1. The van der Waals surface area contributed by atoms with Gasteiger partial charge in [-0.3, -0.25) is 4.72 Å². The van der Waals surface area contributed by atoms with Gasteiger partial charge >= 0.3 is 0 Å². The molecule has 0 spiro atoms.